The van der Waals surface area contributed by atoms with E-state index in [1.54, 1.807) is 12.1 Å². The van der Waals surface area contributed by atoms with Gasteiger partial charge < -0.3 is 14.6 Å². The first-order valence-electron chi connectivity index (χ1n) is 6.66. The fraction of sp³-hybridized carbons (Fsp3) is 0.533. The number of ether oxygens (including phenoxy) is 2. The van der Waals surface area contributed by atoms with Gasteiger partial charge in [0.1, 0.15) is 6.10 Å². The van der Waals surface area contributed by atoms with E-state index < -0.39 is 0 Å². The zero-order chi connectivity index (χ0) is 14.3. The summed E-state index contributed by atoms with van der Waals surface area (Å²) in [6, 6.07) is 4.86. The lowest BCUT2D eigenvalue weighted by atomic mass is 10.1. The molecule has 0 aliphatic heterocycles. The van der Waals surface area contributed by atoms with Gasteiger partial charge in [0.15, 0.2) is 11.5 Å². The van der Waals surface area contributed by atoms with Crippen LogP contribution in [-0.4, -0.2) is 24.3 Å². The van der Waals surface area contributed by atoms with Crippen molar-refractivity contribution in [2.45, 2.75) is 45.6 Å². The number of phenolic OH excluding ortho intramolecular Hbond substituents is 1. The summed E-state index contributed by atoms with van der Waals surface area (Å²) in [5, 5.41) is 9.48. The van der Waals surface area contributed by atoms with E-state index in [1.807, 2.05) is 6.92 Å². The van der Waals surface area contributed by atoms with E-state index in [9.17, 15) is 9.90 Å². The van der Waals surface area contributed by atoms with Crippen LogP contribution >= 0.6 is 0 Å². The Bertz CT molecular complexity index is 415. The number of carbonyl (C=O) groups excluding carboxylic acids is 1. The summed E-state index contributed by atoms with van der Waals surface area (Å²) in [5.41, 5.74) is 0.769. The quantitative estimate of drug-likeness (QED) is 0.771. The zero-order valence-electron chi connectivity index (χ0n) is 11.8. The van der Waals surface area contributed by atoms with Crippen molar-refractivity contribution in [3.63, 3.8) is 0 Å². The topological polar surface area (TPSA) is 55.8 Å². The minimum Gasteiger partial charge on any atom is -0.504 e. The van der Waals surface area contributed by atoms with Crippen molar-refractivity contribution in [2.75, 3.05) is 7.11 Å². The molecule has 19 heavy (non-hydrogen) atoms. The molecule has 0 spiro atoms. The monoisotopic (exact) mass is 266 g/mol. The number of benzene rings is 1. The number of carbonyl (C=O) groups is 1. The molecule has 1 rings (SSSR count). The lowest BCUT2D eigenvalue weighted by molar-refractivity contribution is -0.148. The molecule has 0 bridgehead atoms. The van der Waals surface area contributed by atoms with E-state index in [0.29, 0.717) is 5.75 Å². The van der Waals surface area contributed by atoms with Crippen molar-refractivity contribution in [3.8, 4) is 11.5 Å². The van der Waals surface area contributed by atoms with E-state index in [4.69, 9.17) is 9.47 Å². The predicted molar refractivity (Wildman–Crippen MR) is 73.4 cm³/mol. The van der Waals surface area contributed by atoms with Gasteiger partial charge >= 0.3 is 5.97 Å². The van der Waals surface area contributed by atoms with Crippen LogP contribution in [0.4, 0.5) is 0 Å². The summed E-state index contributed by atoms with van der Waals surface area (Å²) in [4.78, 5) is 11.8. The van der Waals surface area contributed by atoms with E-state index >= 15 is 0 Å². The number of methoxy groups -OCH3 is 1. The van der Waals surface area contributed by atoms with Crippen molar-refractivity contribution < 1.29 is 19.4 Å². The second kappa shape index (κ2) is 7.67. The Balaban J connectivity index is 2.61. The number of phenols is 1. The Morgan fingerprint density at radius 2 is 2.11 bits per heavy atom. The highest BCUT2D eigenvalue weighted by Gasteiger charge is 2.13. The predicted octanol–water partition coefficient (Wildman–Crippen LogP) is 3.07. The molecule has 0 aromatic heterocycles. The van der Waals surface area contributed by atoms with Crippen molar-refractivity contribution in [1.82, 2.24) is 0 Å². The summed E-state index contributed by atoms with van der Waals surface area (Å²) in [7, 11) is 1.48. The maximum absolute atomic E-state index is 11.8. The third-order valence-electron chi connectivity index (χ3n) is 2.96. The fourth-order valence-electron chi connectivity index (χ4n) is 1.89. The highest BCUT2D eigenvalue weighted by molar-refractivity contribution is 5.73. The van der Waals surface area contributed by atoms with Gasteiger partial charge in [-0.1, -0.05) is 26.3 Å². The van der Waals surface area contributed by atoms with Crippen LogP contribution in [-0.2, 0) is 16.0 Å². The van der Waals surface area contributed by atoms with Crippen LogP contribution in [0.3, 0.4) is 0 Å². The van der Waals surface area contributed by atoms with Crippen LogP contribution in [0.5, 0.6) is 11.5 Å². The molecular weight excluding hydrogens is 244 g/mol. The molecule has 0 aliphatic rings. The van der Waals surface area contributed by atoms with Crippen LogP contribution < -0.4 is 4.74 Å². The number of esters is 1. The van der Waals surface area contributed by atoms with E-state index in [1.165, 1.54) is 13.2 Å². The van der Waals surface area contributed by atoms with Crippen LogP contribution in [0.2, 0.25) is 0 Å². The minimum absolute atomic E-state index is 0.00323. The first kappa shape index (κ1) is 15.3. The Kier molecular flexibility index (Phi) is 6.19. The molecule has 0 heterocycles. The summed E-state index contributed by atoms with van der Waals surface area (Å²) in [6.07, 6.45) is 2.91. The molecule has 4 heteroatoms. The summed E-state index contributed by atoms with van der Waals surface area (Å²) < 4.78 is 10.4. The van der Waals surface area contributed by atoms with Crippen molar-refractivity contribution >= 4 is 5.97 Å². The third kappa shape index (κ3) is 4.81. The smallest absolute Gasteiger partial charge is 0.310 e. The van der Waals surface area contributed by atoms with Gasteiger partial charge in [0.25, 0.3) is 0 Å². The number of rotatable bonds is 7. The van der Waals surface area contributed by atoms with Gasteiger partial charge in [-0.15, -0.1) is 0 Å². The van der Waals surface area contributed by atoms with Gasteiger partial charge in [0, 0.05) is 0 Å². The molecule has 0 fully saturated rings. The molecule has 106 valence electrons. The van der Waals surface area contributed by atoms with Crippen LogP contribution in [0, 0.1) is 0 Å². The molecule has 4 nitrogen and oxygen atoms in total. The molecule has 1 aromatic rings. The van der Waals surface area contributed by atoms with Crippen LogP contribution in [0.15, 0.2) is 18.2 Å². The average molecular weight is 266 g/mol. The zero-order valence-corrected chi connectivity index (χ0v) is 11.8. The van der Waals surface area contributed by atoms with Gasteiger partial charge in [-0.3, -0.25) is 4.79 Å². The molecule has 1 N–H and O–H groups in total. The molecule has 0 saturated carbocycles. The molecule has 1 atom stereocenters. The van der Waals surface area contributed by atoms with E-state index in [0.717, 1.165) is 24.8 Å². The summed E-state index contributed by atoms with van der Waals surface area (Å²) in [6.45, 7) is 4.08. The lowest BCUT2D eigenvalue weighted by Gasteiger charge is -2.15. The minimum atomic E-state index is -0.243. The molecule has 0 saturated heterocycles. The summed E-state index contributed by atoms with van der Waals surface area (Å²) >= 11 is 0. The molecule has 1 unspecified atom stereocenters. The van der Waals surface area contributed by atoms with Crippen molar-refractivity contribution in [3.05, 3.63) is 23.8 Å². The fourth-order valence-corrected chi connectivity index (χ4v) is 1.89. The molecule has 0 aliphatic carbocycles. The van der Waals surface area contributed by atoms with E-state index in [2.05, 4.69) is 6.92 Å². The standard InChI is InChI=1S/C15H22O4/c1-4-6-12(5-2)19-15(17)10-11-7-8-13(16)14(9-11)18-3/h7-9,12,16H,4-6,10H2,1-3H3. The molecule has 0 radical (unpaired) electrons. The first-order chi connectivity index (χ1) is 9.10. The van der Waals surface area contributed by atoms with Gasteiger partial charge in [0.05, 0.1) is 13.5 Å². The third-order valence-corrected chi connectivity index (χ3v) is 2.96. The van der Waals surface area contributed by atoms with Gasteiger partial charge in [0.2, 0.25) is 0 Å². The SMILES string of the molecule is CCCC(CC)OC(=O)Cc1ccc(O)c(OC)c1. The molecule has 0 amide bonds. The van der Waals surface area contributed by atoms with Crippen LogP contribution in [0.1, 0.15) is 38.7 Å². The molecule has 1 aromatic carbocycles. The first-order valence-corrected chi connectivity index (χ1v) is 6.66. The maximum Gasteiger partial charge on any atom is 0.310 e. The second-order valence-corrected chi connectivity index (χ2v) is 4.49. The normalized spacial score (nSPS) is 11.9. The largest absolute Gasteiger partial charge is 0.504 e. The Morgan fingerprint density at radius 3 is 2.68 bits per heavy atom. The Hall–Kier alpha value is -1.71. The molecular formula is C15H22O4. The highest BCUT2D eigenvalue weighted by atomic mass is 16.5. The van der Waals surface area contributed by atoms with Gasteiger partial charge in [-0.05, 0) is 30.5 Å². The Morgan fingerprint density at radius 1 is 1.37 bits per heavy atom. The number of hydrogen-bond donors (Lipinski definition) is 1. The highest BCUT2D eigenvalue weighted by Crippen LogP contribution is 2.26. The lowest BCUT2D eigenvalue weighted by Crippen LogP contribution is -2.18. The van der Waals surface area contributed by atoms with Crippen LogP contribution in [0.25, 0.3) is 0 Å². The van der Waals surface area contributed by atoms with Crippen molar-refractivity contribution in [2.24, 2.45) is 0 Å². The maximum atomic E-state index is 11.8. The number of aromatic hydroxyl groups is 1. The van der Waals surface area contributed by atoms with E-state index in [-0.39, 0.29) is 24.2 Å². The van der Waals surface area contributed by atoms with Gasteiger partial charge in [-0.25, -0.2) is 0 Å². The second-order valence-electron chi connectivity index (χ2n) is 4.49. The average Bonchev–Trinajstić information content (AvgIpc) is 2.40. The Labute approximate surface area is 114 Å². The van der Waals surface area contributed by atoms with Crippen molar-refractivity contribution in [1.29, 1.82) is 0 Å². The number of hydrogen-bond acceptors (Lipinski definition) is 4. The summed E-state index contributed by atoms with van der Waals surface area (Å²) in [5.74, 6) is 0.191. The van der Waals surface area contributed by atoms with Gasteiger partial charge in [-0.2, -0.15) is 0 Å².